The van der Waals surface area contributed by atoms with Crippen molar-refractivity contribution in [3.63, 3.8) is 0 Å². The number of aromatic nitrogens is 2. The normalized spacial score (nSPS) is 11.2. The van der Waals surface area contributed by atoms with E-state index in [0.717, 1.165) is 21.7 Å². The van der Waals surface area contributed by atoms with Gasteiger partial charge in [0.1, 0.15) is 0 Å². The molecule has 0 spiro atoms. The quantitative estimate of drug-likeness (QED) is 0.791. The van der Waals surface area contributed by atoms with Crippen molar-refractivity contribution in [2.24, 2.45) is 0 Å². The van der Waals surface area contributed by atoms with Crippen LogP contribution in [0.25, 0.3) is 5.69 Å². The lowest BCUT2D eigenvalue weighted by atomic mass is 10.1. The number of nitrogens with zero attached hydrogens (tertiary/aromatic N) is 3. The van der Waals surface area contributed by atoms with Gasteiger partial charge in [0.15, 0.2) is 5.69 Å². The Morgan fingerprint density at radius 1 is 1.21 bits per heavy atom. The molecule has 2 rings (SSSR count). The van der Waals surface area contributed by atoms with Crippen LogP contribution in [-0.4, -0.2) is 46.1 Å². The summed E-state index contributed by atoms with van der Waals surface area (Å²) in [6, 6.07) is 5.78. The molecule has 0 saturated carbocycles. The minimum absolute atomic E-state index is 0.115. The topological polar surface area (TPSA) is 84.3 Å². The van der Waals surface area contributed by atoms with Crippen molar-refractivity contribution in [3.05, 3.63) is 57.5 Å². The first kappa shape index (κ1) is 22.1. The molecule has 0 atom stereocenters. The summed E-state index contributed by atoms with van der Waals surface area (Å²) in [4.78, 5) is 38.0. The minimum atomic E-state index is -4.65. The zero-order valence-corrected chi connectivity index (χ0v) is 16.2. The summed E-state index contributed by atoms with van der Waals surface area (Å²) in [6.45, 7) is 4.94. The van der Waals surface area contributed by atoms with Crippen LogP contribution in [0.3, 0.4) is 0 Å². The summed E-state index contributed by atoms with van der Waals surface area (Å²) < 4.78 is 41.1. The fourth-order valence-electron chi connectivity index (χ4n) is 2.74. The first-order valence-electron chi connectivity index (χ1n) is 8.93. The number of hydrogen-bond acceptors (Lipinski definition) is 4. The molecule has 0 aliphatic heterocycles. The Morgan fingerprint density at radius 2 is 1.86 bits per heavy atom. The van der Waals surface area contributed by atoms with E-state index >= 15 is 0 Å². The van der Waals surface area contributed by atoms with Crippen LogP contribution in [0.1, 0.15) is 35.6 Å². The van der Waals surface area contributed by atoms with E-state index in [9.17, 15) is 27.6 Å². The standard InChI is InChI=1S/C19H21F3N4O3/c1-4-23-16(28)11-25(5-2)18(29)17-15(27)10-12(3)26(24-17)14-9-7-6-8-13(14)19(20,21)22/h6-10H,4-5,11H2,1-3H3,(H,23,28). The molecule has 1 N–H and O–H groups in total. The van der Waals surface area contributed by atoms with Gasteiger partial charge in [-0.1, -0.05) is 12.1 Å². The number of nitrogens with one attached hydrogen (secondary N) is 1. The van der Waals surface area contributed by atoms with Crippen molar-refractivity contribution in [1.29, 1.82) is 0 Å². The second-order valence-electron chi connectivity index (χ2n) is 6.20. The Morgan fingerprint density at radius 3 is 2.45 bits per heavy atom. The lowest BCUT2D eigenvalue weighted by Crippen LogP contribution is -2.42. The van der Waals surface area contributed by atoms with Crippen LogP contribution in [0.5, 0.6) is 0 Å². The number of benzene rings is 1. The lowest BCUT2D eigenvalue weighted by molar-refractivity contribution is -0.137. The Bertz CT molecular complexity index is 970. The molecule has 156 valence electrons. The maximum Gasteiger partial charge on any atom is 0.418 e. The smallest absolute Gasteiger partial charge is 0.355 e. The fraction of sp³-hybridized carbons (Fsp3) is 0.368. The molecule has 0 radical (unpaired) electrons. The van der Waals surface area contributed by atoms with Gasteiger partial charge in [-0.2, -0.15) is 18.3 Å². The summed E-state index contributed by atoms with van der Waals surface area (Å²) in [5.74, 6) is -1.25. The van der Waals surface area contributed by atoms with Gasteiger partial charge in [0, 0.05) is 24.8 Å². The molecule has 0 unspecified atom stereocenters. The van der Waals surface area contributed by atoms with Gasteiger partial charge in [-0.25, -0.2) is 4.68 Å². The van der Waals surface area contributed by atoms with E-state index in [4.69, 9.17) is 0 Å². The highest BCUT2D eigenvalue weighted by molar-refractivity contribution is 5.94. The third-order valence-electron chi connectivity index (χ3n) is 4.13. The highest BCUT2D eigenvalue weighted by atomic mass is 19.4. The number of hydrogen-bond donors (Lipinski definition) is 1. The van der Waals surface area contributed by atoms with Gasteiger partial charge in [0.05, 0.1) is 17.8 Å². The molecular weight excluding hydrogens is 389 g/mol. The Labute approximate surface area is 165 Å². The van der Waals surface area contributed by atoms with E-state index in [-0.39, 0.29) is 24.5 Å². The van der Waals surface area contributed by atoms with Gasteiger partial charge in [-0.05, 0) is 32.9 Å². The lowest BCUT2D eigenvalue weighted by Gasteiger charge is -2.21. The van der Waals surface area contributed by atoms with Crippen molar-refractivity contribution >= 4 is 11.8 Å². The zero-order chi connectivity index (χ0) is 21.8. The molecule has 0 aliphatic rings. The highest BCUT2D eigenvalue weighted by Gasteiger charge is 2.34. The summed E-state index contributed by atoms with van der Waals surface area (Å²) in [5, 5.41) is 6.46. The summed E-state index contributed by atoms with van der Waals surface area (Å²) in [5.41, 5.74) is -2.41. The molecule has 0 fully saturated rings. The van der Waals surface area contributed by atoms with Gasteiger partial charge < -0.3 is 10.2 Å². The third kappa shape index (κ3) is 5.01. The average Bonchev–Trinajstić information content (AvgIpc) is 2.65. The van der Waals surface area contributed by atoms with Gasteiger partial charge in [-0.3, -0.25) is 14.4 Å². The van der Waals surface area contributed by atoms with E-state index in [2.05, 4.69) is 10.4 Å². The highest BCUT2D eigenvalue weighted by Crippen LogP contribution is 2.33. The third-order valence-corrected chi connectivity index (χ3v) is 4.13. The van der Waals surface area contributed by atoms with Gasteiger partial charge in [0.2, 0.25) is 11.3 Å². The molecule has 1 aromatic heterocycles. The molecule has 0 saturated heterocycles. The van der Waals surface area contributed by atoms with Crippen LogP contribution in [-0.2, 0) is 11.0 Å². The van der Waals surface area contributed by atoms with E-state index in [0.29, 0.717) is 6.54 Å². The molecule has 0 bridgehead atoms. The van der Waals surface area contributed by atoms with Gasteiger partial charge in [0.25, 0.3) is 5.91 Å². The predicted molar refractivity (Wildman–Crippen MR) is 99.8 cm³/mol. The van der Waals surface area contributed by atoms with E-state index in [1.54, 1.807) is 13.8 Å². The molecule has 2 aromatic rings. The molecule has 2 amide bonds. The maximum atomic E-state index is 13.4. The number of amides is 2. The zero-order valence-electron chi connectivity index (χ0n) is 16.2. The number of alkyl halides is 3. The number of para-hydroxylation sites is 1. The Hall–Kier alpha value is -3.17. The van der Waals surface area contributed by atoms with Crippen molar-refractivity contribution < 1.29 is 22.8 Å². The predicted octanol–water partition coefficient (Wildman–Crippen LogP) is 2.16. The minimum Gasteiger partial charge on any atom is -0.355 e. The molecule has 0 aliphatic carbocycles. The molecule has 7 nitrogen and oxygen atoms in total. The molecule has 1 aromatic carbocycles. The van der Waals surface area contributed by atoms with Gasteiger partial charge in [-0.15, -0.1) is 0 Å². The fourth-order valence-corrected chi connectivity index (χ4v) is 2.74. The number of carbonyl (C=O) groups excluding carboxylic acids is 2. The number of aryl methyl sites for hydroxylation is 1. The van der Waals surface area contributed by atoms with Gasteiger partial charge >= 0.3 is 6.18 Å². The van der Waals surface area contributed by atoms with Crippen molar-refractivity contribution in [2.75, 3.05) is 19.6 Å². The Kier molecular flexibility index (Phi) is 6.78. The Balaban J connectivity index is 2.54. The summed E-state index contributed by atoms with van der Waals surface area (Å²) in [7, 11) is 0. The van der Waals surface area contributed by atoms with E-state index < -0.39 is 34.7 Å². The van der Waals surface area contributed by atoms with Crippen molar-refractivity contribution in [1.82, 2.24) is 20.0 Å². The van der Waals surface area contributed by atoms with E-state index in [1.165, 1.54) is 25.1 Å². The van der Waals surface area contributed by atoms with Crippen LogP contribution >= 0.6 is 0 Å². The number of rotatable bonds is 6. The largest absolute Gasteiger partial charge is 0.418 e. The van der Waals surface area contributed by atoms with Crippen LogP contribution in [0.4, 0.5) is 13.2 Å². The summed E-state index contributed by atoms with van der Waals surface area (Å²) in [6.07, 6.45) is -4.65. The van der Waals surface area contributed by atoms with Crippen LogP contribution in [0, 0.1) is 6.92 Å². The maximum absolute atomic E-state index is 13.4. The van der Waals surface area contributed by atoms with Crippen LogP contribution < -0.4 is 10.7 Å². The van der Waals surface area contributed by atoms with Crippen LogP contribution in [0.2, 0.25) is 0 Å². The monoisotopic (exact) mass is 410 g/mol. The second-order valence-corrected chi connectivity index (χ2v) is 6.20. The van der Waals surface area contributed by atoms with Crippen molar-refractivity contribution in [3.8, 4) is 5.69 Å². The van der Waals surface area contributed by atoms with Crippen LogP contribution in [0.15, 0.2) is 35.1 Å². The molecule has 29 heavy (non-hydrogen) atoms. The average molecular weight is 410 g/mol. The summed E-state index contributed by atoms with van der Waals surface area (Å²) >= 11 is 0. The SMILES string of the molecule is CCNC(=O)CN(CC)C(=O)c1nn(-c2ccccc2C(F)(F)F)c(C)cc1=O. The van der Waals surface area contributed by atoms with E-state index in [1.807, 2.05) is 0 Å². The molecule has 10 heteroatoms. The first-order chi connectivity index (χ1) is 13.6. The van der Waals surface area contributed by atoms with Crippen molar-refractivity contribution in [2.45, 2.75) is 26.9 Å². The second kappa shape index (κ2) is 8.89. The first-order valence-corrected chi connectivity index (χ1v) is 8.93. The number of likely N-dealkylation sites (N-methyl/N-ethyl adjacent to an activating group) is 2. The molecule has 1 heterocycles. The number of halogens is 3. The number of carbonyl (C=O) groups is 2. The molecular formula is C19H21F3N4O3.